The molecule has 0 heterocycles. The van der Waals surface area contributed by atoms with Gasteiger partial charge in [-0.3, -0.25) is 10.1 Å². The summed E-state index contributed by atoms with van der Waals surface area (Å²) in [6.45, 7) is 3.41. The van der Waals surface area contributed by atoms with Gasteiger partial charge < -0.3 is 4.74 Å². The van der Waals surface area contributed by atoms with E-state index in [-0.39, 0.29) is 19.4 Å². The van der Waals surface area contributed by atoms with Crippen molar-refractivity contribution in [3.8, 4) is 0 Å². The topological polar surface area (TPSA) is 69.4 Å². The molecule has 1 atom stereocenters. The third kappa shape index (κ3) is 2.85. The number of carbonyl (C=O) groups is 1. The zero-order valence-corrected chi connectivity index (χ0v) is 10.6. The summed E-state index contributed by atoms with van der Waals surface area (Å²) in [5.74, 6) is -0.763. The Hall–Kier alpha value is -1.91. The normalized spacial score (nSPS) is 13.7. The van der Waals surface area contributed by atoms with Gasteiger partial charge >= 0.3 is 11.5 Å². The highest BCUT2D eigenvalue weighted by Crippen LogP contribution is 2.23. The fourth-order valence-electron chi connectivity index (χ4n) is 1.81. The van der Waals surface area contributed by atoms with Crippen molar-refractivity contribution in [1.29, 1.82) is 0 Å². The first kappa shape index (κ1) is 14.2. The molecule has 0 spiro atoms. The van der Waals surface area contributed by atoms with Gasteiger partial charge in [-0.2, -0.15) is 0 Å². The molecule has 98 valence electrons. The fourth-order valence-corrected chi connectivity index (χ4v) is 1.81. The van der Waals surface area contributed by atoms with E-state index in [1.54, 1.807) is 38.1 Å². The molecule has 1 aromatic carbocycles. The van der Waals surface area contributed by atoms with Crippen molar-refractivity contribution in [2.24, 2.45) is 0 Å². The zero-order valence-electron chi connectivity index (χ0n) is 10.6. The van der Waals surface area contributed by atoms with Gasteiger partial charge in [-0.1, -0.05) is 37.3 Å². The lowest BCUT2D eigenvalue weighted by Crippen LogP contribution is -2.49. The van der Waals surface area contributed by atoms with Crippen LogP contribution in [0.1, 0.15) is 25.8 Å². The molecule has 0 aliphatic rings. The summed E-state index contributed by atoms with van der Waals surface area (Å²) < 4.78 is 4.85. The van der Waals surface area contributed by atoms with E-state index in [2.05, 4.69) is 0 Å². The summed E-state index contributed by atoms with van der Waals surface area (Å²) in [7, 11) is 0. The second-order valence-electron chi connectivity index (χ2n) is 4.03. The zero-order chi connectivity index (χ0) is 13.6. The molecule has 0 aliphatic heterocycles. The number of nitrogens with zero attached hydrogens (tertiary/aromatic N) is 1. The van der Waals surface area contributed by atoms with Crippen LogP contribution in [-0.4, -0.2) is 23.0 Å². The number of nitro groups is 1. The van der Waals surface area contributed by atoms with Gasteiger partial charge in [0.05, 0.1) is 13.0 Å². The molecule has 0 saturated heterocycles. The Bertz CT molecular complexity index is 418. The third-order valence-corrected chi connectivity index (χ3v) is 2.93. The van der Waals surface area contributed by atoms with Gasteiger partial charge in [0.15, 0.2) is 0 Å². The number of ether oxygens (including phenoxy) is 1. The summed E-state index contributed by atoms with van der Waals surface area (Å²) in [4.78, 5) is 22.6. The smallest absolute Gasteiger partial charge is 0.385 e. The predicted octanol–water partition coefficient (Wildman–Crippen LogP) is 2.22. The average Bonchev–Trinajstić information content (AvgIpc) is 2.37. The van der Waals surface area contributed by atoms with E-state index in [0.717, 1.165) is 5.56 Å². The SMILES string of the molecule is CCOC(=O)C(CC)(Cc1ccccc1)[N+](=O)[O-]. The lowest BCUT2D eigenvalue weighted by molar-refractivity contribution is -0.555. The molecular formula is C13H17NO4. The number of hydrogen-bond donors (Lipinski definition) is 0. The minimum Gasteiger partial charge on any atom is -0.461 e. The minimum atomic E-state index is -1.68. The second kappa shape index (κ2) is 6.14. The van der Waals surface area contributed by atoms with Crippen molar-refractivity contribution < 1.29 is 14.5 Å². The van der Waals surface area contributed by atoms with Crippen LogP contribution in [-0.2, 0) is 16.0 Å². The molecule has 0 aliphatic carbocycles. The molecule has 1 aromatic rings. The van der Waals surface area contributed by atoms with Crippen LogP contribution >= 0.6 is 0 Å². The van der Waals surface area contributed by atoms with E-state index in [4.69, 9.17) is 4.74 Å². The number of benzene rings is 1. The highest BCUT2D eigenvalue weighted by Gasteiger charge is 2.50. The van der Waals surface area contributed by atoms with Crippen molar-refractivity contribution in [1.82, 2.24) is 0 Å². The Morgan fingerprint density at radius 2 is 1.94 bits per heavy atom. The first-order valence-corrected chi connectivity index (χ1v) is 5.92. The fraction of sp³-hybridized carbons (Fsp3) is 0.462. The molecule has 0 radical (unpaired) electrons. The lowest BCUT2D eigenvalue weighted by atomic mass is 9.89. The van der Waals surface area contributed by atoms with Gasteiger partial charge in [-0.05, 0) is 12.5 Å². The van der Waals surface area contributed by atoms with E-state index >= 15 is 0 Å². The maximum atomic E-state index is 11.9. The van der Waals surface area contributed by atoms with E-state index in [0.29, 0.717) is 0 Å². The Kier molecular flexibility index (Phi) is 4.83. The summed E-state index contributed by atoms with van der Waals surface area (Å²) in [5, 5.41) is 11.3. The van der Waals surface area contributed by atoms with Crippen LogP contribution in [0, 0.1) is 10.1 Å². The van der Waals surface area contributed by atoms with Crippen molar-refractivity contribution in [3.05, 3.63) is 46.0 Å². The van der Waals surface area contributed by atoms with Crippen molar-refractivity contribution in [3.63, 3.8) is 0 Å². The first-order chi connectivity index (χ1) is 8.56. The quantitative estimate of drug-likeness (QED) is 0.441. The molecular weight excluding hydrogens is 234 g/mol. The first-order valence-electron chi connectivity index (χ1n) is 5.92. The Balaban J connectivity index is 3.05. The third-order valence-electron chi connectivity index (χ3n) is 2.93. The van der Waals surface area contributed by atoms with E-state index in [1.807, 2.05) is 6.07 Å². The summed E-state index contributed by atoms with van der Waals surface area (Å²) in [6.07, 6.45) is 0.157. The summed E-state index contributed by atoms with van der Waals surface area (Å²) >= 11 is 0. The molecule has 0 saturated carbocycles. The van der Waals surface area contributed by atoms with Crippen LogP contribution in [0.4, 0.5) is 0 Å². The molecule has 1 unspecified atom stereocenters. The molecule has 0 bridgehead atoms. The van der Waals surface area contributed by atoms with Crippen LogP contribution in [0.5, 0.6) is 0 Å². The monoisotopic (exact) mass is 251 g/mol. The summed E-state index contributed by atoms with van der Waals surface area (Å²) in [6, 6.07) is 8.95. The molecule has 5 heteroatoms. The lowest BCUT2D eigenvalue weighted by Gasteiger charge is -2.21. The maximum absolute atomic E-state index is 11.9. The Morgan fingerprint density at radius 3 is 2.39 bits per heavy atom. The highest BCUT2D eigenvalue weighted by atomic mass is 16.6. The number of rotatable bonds is 6. The maximum Gasteiger partial charge on any atom is 0.385 e. The molecule has 0 aromatic heterocycles. The Labute approximate surface area is 106 Å². The van der Waals surface area contributed by atoms with Gasteiger partial charge in [0.2, 0.25) is 0 Å². The number of hydrogen-bond acceptors (Lipinski definition) is 4. The van der Waals surface area contributed by atoms with Gasteiger partial charge in [0.25, 0.3) is 0 Å². The van der Waals surface area contributed by atoms with Crippen LogP contribution in [0.25, 0.3) is 0 Å². The van der Waals surface area contributed by atoms with E-state index in [9.17, 15) is 14.9 Å². The molecule has 18 heavy (non-hydrogen) atoms. The van der Waals surface area contributed by atoms with Gasteiger partial charge in [-0.25, -0.2) is 4.79 Å². The van der Waals surface area contributed by atoms with Crippen LogP contribution < -0.4 is 0 Å². The summed E-state index contributed by atoms with van der Waals surface area (Å²) in [5.41, 5.74) is -0.929. The second-order valence-corrected chi connectivity index (χ2v) is 4.03. The minimum absolute atomic E-state index is 0.0518. The van der Waals surface area contributed by atoms with Crippen molar-refractivity contribution in [2.75, 3.05) is 6.61 Å². The predicted molar refractivity (Wildman–Crippen MR) is 66.8 cm³/mol. The molecule has 1 rings (SSSR count). The van der Waals surface area contributed by atoms with E-state index < -0.39 is 16.4 Å². The van der Waals surface area contributed by atoms with Crippen LogP contribution in [0.2, 0.25) is 0 Å². The van der Waals surface area contributed by atoms with Gasteiger partial charge in [0.1, 0.15) is 0 Å². The van der Waals surface area contributed by atoms with Crippen molar-refractivity contribution in [2.45, 2.75) is 32.2 Å². The molecule has 0 N–H and O–H groups in total. The molecule has 0 amide bonds. The van der Waals surface area contributed by atoms with E-state index in [1.165, 1.54) is 0 Å². The van der Waals surface area contributed by atoms with Crippen LogP contribution in [0.3, 0.4) is 0 Å². The highest BCUT2D eigenvalue weighted by molar-refractivity contribution is 5.79. The average molecular weight is 251 g/mol. The largest absolute Gasteiger partial charge is 0.461 e. The van der Waals surface area contributed by atoms with Crippen molar-refractivity contribution >= 4 is 5.97 Å². The van der Waals surface area contributed by atoms with Crippen LogP contribution in [0.15, 0.2) is 30.3 Å². The van der Waals surface area contributed by atoms with Gasteiger partial charge in [0, 0.05) is 11.3 Å². The molecule has 5 nitrogen and oxygen atoms in total. The standard InChI is InChI=1S/C13H17NO4/c1-3-13(14(16)17,12(15)18-4-2)10-11-8-6-5-7-9-11/h5-9H,3-4,10H2,1-2H3. The number of carbonyl (C=O) groups excluding carboxylic acids is 1. The number of esters is 1. The molecule has 0 fully saturated rings. The Morgan fingerprint density at radius 1 is 1.33 bits per heavy atom. The van der Waals surface area contributed by atoms with Gasteiger partial charge in [-0.15, -0.1) is 0 Å².